The Bertz CT molecular complexity index is 628. The summed E-state index contributed by atoms with van der Waals surface area (Å²) in [5.74, 6) is 0.785. The van der Waals surface area contributed by atoms with Crippen LogP contribution >= 0.6 is 27.5 Å². The Balaban J connectivity index is 1.70. The van der Waals surface area contributed by atoms with Crippen LogP contribution in [0.15, 0.2) is 46.9 Å². The summed E-state index contributed by atoms with van der Waals surface area (Å²) in [5.41, 5.74) is 2.23. The van der Waals surface area contributed by atoms with Crippen LogP contribution in [0.4, 0.5) is 0 Å². The molecule has 110 valence electrons. The minimum atomic E-state index is 0.513. The molecule has 1 aliphatic rings. The molecule has 0 amide bonds. The second kappa shape index (κ2) is 6.82. The maximum absolute atomic E-state index is 6.30. The molecule has 21 heavy (non-hydrogen) atoms. The zero-order valence-corrected chi connectivity index (χ0v) is 14.0. The van der Waals surface area contributed by atoms with Gasteiger partial charge in [0, 0.05) is 22.6 Å². The number of rotatable bonds is 6. The molecule has 0 heterocycles. The Morgan fingerprint density at radius 3 is 2.76 bits per heavy atom. The van der Waals surface area contributed by atoms with E-state index < -0.39 is 0 Å². The van der Waals surface area contributed by atoms with Crippen molar-refractivity contribution in [3.63, 3.8) is 0 Å². The first-order valence-corrected chi connectivity index (χ1v) is 8.27. The van der Waals surface area contributed by atoms with Crippen molar-refractivity contribution in [3.05, 3.63) is 63.1 Å². The van der Waals surface area contributed by atoms with Gasteiger partial charge in [-0.05, 0) is 36.6 Å². The molecule has 0 radical (unpaired) electrons. The number of ether oxygens (including phenoxy) is 1. The first-order chi connectivity index (χ1) is 10.2. The Morgan fingerprint density at radius 2 is 2.00 bits per heavy atom. The van der Waals surface area contributed by atoms with Gasteiger partial charge < -0.3 is 10.1 Å². The van der Waals surface area contributed by atoms with E-state index in [9.17, 15) is 0 Å². The molecular weight excluding hydrogens is 350 g/mol. The lowest BCUT2D eigenvalue weighted by Gasteiger charge is -2.14. The Labute approximate surface area is 138 Å². The molecule has 0 unspecified atom stereocenters. The summed E-state index contributed by atoms with van der Waals surface area (Å²) in [6.07, 6.45) is 2.55. The number of nitrogens with one attached hydrogen (secondary N) is 1. The fraction of sp³-hybridized carbons (Fsp3) is 0.294. The monoisotopic (exact) mass is 365 g/mol. The number of hydrogen-bond donors (Lipinski definition) is 1. The fourth-order valence-corrected chi connectivity index (χ4v) is 2.87. The third-order valence-corrected chi connectivity index (χ3v) is 4.27. The lowest BCUT2D eigenvalue weighted by Crippen LogP contribution is -2.16. The molecule has 1 saturated carbocycles. The van der Waals surface area contributed by atoms with Gasteiger partial charge in [-0.2, -0.15) is 0 Å². The molecule has 1 N–H and O–H groups in total. The molecule has 0 atom stereocenters. The Kier molecular flexibility index (Phi) is 4.84. The predicted molar refractivity (Wildman–Crippen MR) is 89.8 cm³/mol. The van der Waals surface area contributed by atoms with Crippen molar-refractivity contribution in [2.45, 2.75) is 32.0 Å². The topological polar surface area (TPSA) is 21.3 Å². The summed E-state index contributed by atoms with van der Waals surface area (Å²) in [5, 5.41) is 4.17. The van der Waals surface area contributed by atoms with E-state index in [1.54, 1.807) is 0 Å². The summed E-state index contributed by atoms with van der Waals surface area (Å²) in [4.78, 5) is 0. The van der Waals surface area contributed by atoms with E-state index in [1.165, 1.54) is 12.8 Å². The molecular formula is C17H17BrClNO. The van der Waals surface area contributed by atoms with Crippen molar-refractivity contribution < 1.29 is 4.74 Å². The first kappa shape index (κ1) is 14.9. The first-order valence-electron chi connectivity index (χ1n) is 7.10. The number of hydrogen-bond acceptors (Lipinski definition) is 2. The minimum Gasteiger partial charge on any atom is -0.487 e. The van der Waals surface area contributed by atoms with E-state index in [-0.39, 0.29) is 0 Å². The normalized spacial score (nSPS) is 14.2. The third-order valence-electron chi connectivity index (χ3n) is 3.48. The largest absolute Gasteiger partial charge is 0.487 e. The highest BCUT2D eigenvalue weighted by Gasteiger charge is 2.21. The van der Waals surface area contributed by atoms with Crippen LogP contribution in [0.1, 0.15) is 24.0 Å². The quantitative estimate of drug-likeness (QED) is 0.782. The van der Waals surface area contributed by atoms with Crippen LogP contribution in [-0.2, 0) is 13.2 Å². The Hall–Kier alpha value is -1.03. The summed E-state index contributed by atoms with van der Waals surface area (Å²) < 4.78 is 7.02. The van der Waals surface area contributed by atoms with Crippen molar-refractivity contribution in [1.82, 2.24) is 5.32 Å². The smallest absolute Gasteiger partial charge is 0.142 e. The van der Waals surface area contributed by atoms with E-state index in [1.807, 2.05) is 30.3 Å². The van der Waals surface area contributed by atoms with E-state index in [4.69, 9.17) is 16.3 Å². The molecule has 0 aliphatic heterocycles. The van der Waals surface area contributed by atoms with Crippen LogP contribution < -0.4 is 10.1 Å². The summed E-state index contributed by atoms with van der Waals surface area (Å²) >= 11 is 9.77. The molecule has 4 heteroatoms. The zero-order chi connectivity index (χ0) is 14.7. The van der Waals surface area contributed by atoms with E-state index >= 15 is 0 Å². The van der Waals surface area contributed by atoms with Gasteiger partial charge in [-0.25, -0.2) is 0 Å². The summed E-state index contributed by atoms with van der Waals surface area (Å²) in [7, 11) is 0. The van der Waals surface area contributed by atoms with E-state index in [0.29, 0.717) is 17.7 Å². The zero-order valence-electron chi connectivity index (χ0n) is 11.6. The molecule has 0 spiro atoms. The highest BCUT2D eigenvalue weighted by molar-refractivity contribution is 9.10. The molecule has 0 bridgehead atoms. The summed E-state index contributed by atoms with van der Waals surface area (Å²) in [6, 6.07) is 14.7. The van der Waals surface area contributed by atoms with Crippen LogP contribution in [0.25, 0.3) is 0 Å². The fourth-order valence-electron chi connectivity index (χ4n) is 2.18. The van der Waals surface area contributed by atoms with Crippen molar-refractivity contribution in [1.29, 1.82) is 0 Å². The van der Waals surface area contributed by atoms with Crippen LogP contribution in [0.2, 0.25) is 5.02 Å². The lowest BCUT2D eigenvalue weighted by molar-refractivity contribution is 0.302. The highest BCUT2D eigenvalue weighted by atomic mass is 79.9. The Morgan fingerprint density at radius 1 is 1.19 bits per heavy atom. The molecule has 2 aromatic carbocycles. The van der Waals surface area contributed by atoms with Crippen molar-refractivity contribution in [2.24, 2.45) is 0 Å². The standard InChI is InChI=1S/C17H17BrClNO/c18-14-5-1-3-12(9-14)11-21-17-13(4-2-6-16(17)19)10-20-15-7-8-15/h1-6,9,15,20H,7-8,10-11H2. The molecule has 0 aromatic heterocycles. The summed E-state index contributed by atoms with van der Waals surface area (Å²) in [6.45, 7) is 1.32. The van der Waals surface area contributed by atoms with Crippen molar-refractivity contribution >= 4 is 27.5 Å². The molecule has 1 aliphatic carbocycles. The predicted octanol–water partition coefficient (Wildman–Crippen LogP) is 4.93. The number of halogens is 2. The number of benzene rings is 2. The average molecular weight is 367 g/mol. The van der Waals surface area contributed by atoms with Crippen molar-refractivity contribution in [2.75, 3.05) is 0 Å². The van der Waals surface area contributed by atoms with Crippen LogP contribution in [-0.4, -0.2) is 6.04 Å². The molecule has 1 fully saturated rings. The second-order valence-electron chi connectivity index (χ2n) is 5.30. The van der Waals surface area contributed by atoms with Gasteiger partial charge in [-0.3, -0.25) is 0 Å². The maximum atomic E-state index is 6.30. The molecule has 0 saturated heterocycles. The van der Waals surface area contributed by atoms with Crippen LogP contribution in [0.5, 0.6) is 5.75 Å². The van der Waals surface area contributed by atoms with Gasteiger partial charge in [0.05, 0.1) is 5.02 Å². The van der Waals surface area contributed by atoms with Gasteiger partial charge in [0.15, 0.2) is 0 Å². The minimum absolute atomic E-state index is 0.513. The van der Waals surface area contributed by atoms with Gasteiger partial charge in [-0.1, -0.05) is 51.8 Å². The van der Waals surface area contributed by atoms with E-state index in [2.05, 4.69) is 33.4 Å². The SMILES string of the molecule is Clc1cccc(CNC2CC2)c1OCc1cccc(Br)c1. The van der Waals surface area contributed by atoms with Crippen LogP contribution in [0, 0.1) is 0 Å². The van der Waals surface area contributed by atoms with Gasteiger partial charge in [0.2, 0.25) is 0 Å². The van der Waals surface area contributed by atoms with Gasteiger partial charge in [0.25, 0.3) is 0 Å². The highest BCUT2D eigenvalue weighted by Crippen LogP contribution is 2.30. The molecule has 2 aromatic rings. The average Bonchev–Trinajstić information content (AvgIpc) is 3.28. The van der Waals surface area contributed by atoms with Crippen molar-refractivity contribution in [3.8, 4) is 5.75 Å². The number of para-hydroxylation sites is 1. The van der Waals surface area contributed by atoms with Gasteiger partial charge in [0.1, 0.15) is 12.4 Å². The third kappa shape index (κ3) is 4.22. The van der Waals surface area contributed by atoms with Gasteiger partial charge >= 0.3 is 0 Å². The van der Waals surface area contributed by atoms with Gasteiger partial charge in [-0.15, -0.1) is 0 Å². The lowest BCUT2D eigenvalue weighted by atomic mass is 10.2. The van der Waals surface area contributed by atoms with Crippen LogP contribution in [0.3, 0.4) is 0 Å². The molecule has 3 rings (SSSR count). The van der Waals surface area contributed by atoms with E-state index in [0.717, 1.165) is 27.9 Å². The maximum Gasteiger partial charge on any atom is 0.142 e. The molecule has 2 nitrogen and oxygen atoms in total. The second-order valence-corrected chi connectivity index (χ2v) is 6.62.